The molecule has 0 aromatic carbocycles. The Labute approximate surface area is 137 Å². The maximum absolute atomic E-state index is 14.1. The Balaban J connectivity index is 1.65. The van der Waals surface area contributed by atoms with Crippen molar-refractivity contribution in [2.24, 2.45) is 11.3 Å². The van der Waals surface area contributed by atoms with Gasteiger partial charge in [0.25, 0.3) is 5.00 Å². The number of hydrogen-bond donors (Lipinski definition) is 3. The summed E-state index contributed by atoms with van der Waals surface area (Å²) < 4.78 is 23.1. The summed E-state index contributed by atoms with van der Waals surface area (Å²) in [7, 11) is 0. The number of alkyl halides is 1. The standard InChI is InChI=1S/C14H21FO7S/c1-11(15,23-22-21-19)10(16)20-8-12-2-9-3-13(17,5-12)7-14(18,4-9)6-12/h9,17-19H,2-8H2,1H3. The lowest BCUT2D eigenvalue weighted by Crippen LogP contribution is -2.64. The van der Waals surface area contributed by atoms with Gasteiger partial charge in [-0.2, -0.15) is 0 Å². The van der Waals surface area contributed by atoms with Crippen LogP contribution in [0, 0.1) is 11.3 Å². The second-order valence-corrected chi connectivity index (χ2v) is 8.75. The van der Waals surface area contributed by atoms with E-state index in [-0.39, 0.29) is 24.6 Å². The van der Waals surface area contributed by atoms with Gasteiger partial charge in [0.2, 0.25) is 0 Å². The highest BCUT2D eigenvalue weighted by molar-refractivity contribution is 7.96. The molecule has 3 atom stereocenters. The largest absolute Gasteiger partial charge is 0.462 e. The van der Waals surface area contributed by atoms with Crippen molar-refractivity contribution in [2.75, 3.05) is 6.61 Å². The molecule has 0 aromatic rings. The maximum Gasteiger partial charge on any atom is 0.356 e. The first kappa shape index (κ1) is 17.4. The minimum absolute atomic E-state index is 0.00992. The lowest BCUT2D eigenvalue weighted by Gasteiger charge is -2.63. The first-order valence-electron chi connectivity index (χ1n) is 7.56. The summed E-state index contributed by atoms with van der Waals surface area (Å²) >= 11 is -0.00992. The summed E-state index contributed by atoms with van der Waals surface area (Å²) in [4.78, 5) is 11.9. The van der Waals surface area contributed by atoms with Crippen LogP contribution < -0.4 is 0 Å². The quantitative estimate of drug-likeness (QED) is 0.287. The number of carbonyl (C=O) groups excluding carboxylic acids is 1. The van der Waals surface area contributed by atoms with Gasteiger partial charge in [-0.05, 0) is 44.9 Å². The van der Waals surface area contributed by atoms with Gasteiger partial charge >= 0.3 is 5.97 Å². The SMILES string of the molecule is CC(F)(SOOO)C(=O)OCC12CC3CC(O)(CC(O)(C3)C1)C2. The van der Waals surface area contributed by atoms with Gasteiger partial charge in [0.05, 0.1) is 29.9 Å². The van der Waals surface area contributed by atoms with Gasteiger partial charge in [0, 0.05) is 11.8 Å². The van der Waals surface area contributed by atoms with E-state index in [9.17, 15) is 19.4 Å². The first-order chi connectivity index (χ1) is 10.6. The topological polar surface area (TPSA) is 105 Å². The molecule has 4 aliphatic carbocycles. The Kier molecular flexibility index (Phi) is 4.18. The van der Waals surface area contributed by atoms with Crippen LogP contribution in [0.15, 0.2) is 0 Å². The molecule has 4 bridgehead atoms. The van der Waals surface area contributed by atoms with Crippen LogP contribution >= 0.6 is 12.0 Å². The normalized spacial score (nSPS) is 44.1. The average Bonchev–Trinajstić information content (AvgIpc) is 2.38. The molecule has 0 radical (unpaired) electrons. The molecule has 0 aliphatic heterocycles. The molecule has 3 N–H and O–H groups in total. The number of esters is 1. The number of hydrogen-bond acceptors (Lipinski definition) is 8. The van der Waals surface area contributed by atoms with E-state index in [4.69, 9.17) is 9.99 Å². The fraction of sp³-hybridized carbons (Fsp3) is 0.929. The van der Waals surface area contributed by atoms with Crippen LogP contribution in [0.4, 0.5) is 4.39 Å². The molecule has 0 aromatic heterocycles. The van der Waals surface area contributed by atoms with Crippen molar-refractivity contribution in [3.8, 4) is 0 Å². The van der Waals surface area contributed by atoms with Crippen molar-refractivity contribution in [1.82, 2.24) is 0 Å². The first-order valence-corrected chi connectivity index (χ1v) is 8.31. The van der Waals surface area contributed by atoms with Crippen molar-refractivity contribution in [2.45, 2.75) is 61.7 Å². The number of rotatable bonds is 6. The summed E-state index contributed by atoms with van der Waals surface area (Å²) in [5, 5.41) is 30.0. The van der Waals surface area contributed by atoms with Gasteiger partial charge < -0.3 is 14.9 Å². The zero-order chi connectivity index (χ0) is 16.9. The van der Waals surface area contributed by atoms with E-state index in [1.54, 1.807) is 0 Å². The summed E-state index contributed by atoms with van der Waals surface area (Å²) in [6, 6.07) is 0. The smallest absolute Gasteiger partial charge is 0.356 e. The predicted octanol–water partition coefficient (Wildman–Crippen LogP) is 1.73. The van der Waals surface area contributed by atoms with Crippen molar-refractivity contribution in [1.29, 1.82) is 0 Å². The van der Waals surface area contributed by atoms with Crippen LogP contribution in [0.5, 0.6) is 0 Å². The van der Waals surface area contributed by atoms with Crippen molar-refractivity contribution in [3.63, 3.8) is 0 Å². The minimum atomic E-state index is -2.54. The molecule has 0 heterocycles. The third-order valence-corrected chi connectivity index (χ3v) is 5.83. The van der Waals surface area contributed by atoms with E-state index in [0.29, 0.717) is 32.1 Å². The summed E-state index contributed by atoms with van der Waals surface area (Å²) in [6.45, 7) is 0.868. The summed E-state index contributed by atoms with van der Waals surface area (Å²) in [5.74, 6) is -0.966. The monoisotopic (exact) mass is 352 g/mol. The lowest BCUT2D eigenvalue weighted by atomic mass is 9.46. The van der Waals surface area contributed by atoms with Gasteiger partial charge in [-0.3, -0.25) is 0 Å². The predicted molar refractivity (Wildman–Crippen MR) is 76.4 cm³/mol. The number of aliphatic hydroxyl groups is 2. The summed E-state index contributed by atoms with van der Waals surface area (Å²) in [6.07, 6.45) is 3.30. The zero-order valence-corrected chi connectivity index (χ0v) is 13.6. The minimum Gasteiger partial charge on any atom is -0.462 e. The van der Waals surface area contributed by atoms with Crippen LogP contribution in [-0.4, -0.2) is 44.2 Å². The van der Waals surface area contributed by atoms with Crippen LogP contribution in [0.2, 0.25) is 0 Å². The Hall–Kier alpha value is -0.450. The van der Waals surface area contributed by atoms with Crippen molar-refractivity contribution in [3.05, 3.63) is 0 Å². The summed E-state index contributed by atoms with van der Waals surface area (Å²) in [5.41, 5.74) is -2.38. The van der Waals surface area contributed by atoms with E-state index in [0.717, 1.165) is 13.3 Å². The molecule has 0 amide bonds. The Bertz CT molecular complexity index is 482. The molecule has 4 fully saturated rings. The number of ether oxygens (including phenoxy) is 1. The lowest BCUT2D eigenvalue weighted by molar-refractivity contribution is -0.432. The highest BCUT2D eigenvalue weighted by Gasteiger charge is 2.63. The fourth-order valence-electron chi connectivity index (χ4n) is 5.15. The molecule has 3 unspecified atom stereocenters. The molecule has 132 valence electrons. The third-order valence-electron chi connectivity index (χ3n) is 5.22. The van der Waals surface area contributed by atoms with Crippen LogP contribution in [-0.2, 0) is 18.9 Å². The Morgan fingerprint density at radius 1 is 1.26 bits per heavy atom. The molecule has 7 nitrogen and oxygen atoms in total. The van der Waals surface area contributed by atoms with E-state index < -0.39 is 27.6 Å². The second kappa shape index (κ2) is 5.53. The van der Waals surface area contributed by atoms with E-state index in [1.807, 2.05) is 0 Å². The van der Waals surface area contributed by atoms with Crippen LogP contribution in [0.3, 0.4) is 0 Å². The van der Waals surface area contributed by atoms with Crippen molar-refractivity contribution >= 4 is 18.0 Å². The van der Waals surface area contributed by atoms with Gasteiger partial charge in [0.15, 0.2) is 0 Å². The number of carbonyl (C=O) groups is 1. The molecule has 9 heteroatoms. The highest BCUT2D eigenvalue weighted by atomic mass is 32.2. The molecular formula is C14H21FO7S. The van der Waals surface area contributed by atoms with Crippen LogP contribution in [0.1, 0.15) is 45.4 Å². The molecular weight excluding hydrogens is 331 g/mol. The average molecular weight is 352 g/mol. The van der Waals surface area contributed by atoms with Gasteiger partial charge in [-0.15, -0.1) is 4.33 Å². The fourth-order valence-corrected chi connectivity index (χ4v) is 5.44. The Morgan fingerprint density at radius 2 is 1.87 bits per heavy atom. The van der Waals surface area contributed by atoms with E-state index in [2.05, 4.69) is 9.37 Å². The van der Waals surface area contributed by atoms with E-state index >= 15 is 0 Å². The van der Waals surface area contributed by atoms with Gasteiger partial charge in [0.1, 0.15) is 0 Å². The van der Waals surface area contributed by atoms with Crippen LogP contribution in [0.25, 0.3) is 0 Å². The highest BCUT2D eigenvalue weighted by Crippen LogP contribution is 2.63. The maximum atomic E-state index is 14.1. The molecule has 0 spiro atoms. The molecule has 4 rings (SSSR count). The molecule has 0 saturated heterocycles. The van der Waals surface area contributed by atoms with Gasteiger partial charge in [-0.1, -0.05) is 5.04 Å². The number of halogens is 1. The molecule has 4 aliphatic rings. The van der Waals surface area contributed by atoms with Gasteiger partial charge in [-0.25, -0.2) is 14.4 Å². The Morgan fingerprint density at radius 3 is 2.39 bits per heavy atom. The second-order valence-electron chi connectivity index (χ2n) is 7.68. The third kappa shape index (κ3) is 3.35. The zero-order valence-electron chi connectivity index (χ0n) is 12.8. The molecule has 23 heavy (non-hydrogen) atoms. The van der Waals surface area contributed by atoms with E-state index in [1.165, 1.54) is 0 Å². The van der Waals surface area contributed by atoms with Crippen molar-refractivity contribution < 1.29 is 38.8 Å². The molecule has 4 saturated carbocycles.